The lowest BCUT2D eigenvalue weighted by atomic mass is 9.98. The molecule has 1 amide bonds. The number of amides is 1. The van der Waals surface area contributed by atoms with E-state index in [0.29, 0.717) is 12.1 Å². The van der Waals surface area contributed by atoms with Crippen molar-refractivity contribution in [3.05, 3.63) is 65.7 Å². The minimum Gasteiger partial charge on any atom is -0.274 e. The SMILES string of the molecule is CC(CC(=O)NS(=O)(=O)c1ccc(C(F)(F)F)cc1)c1ccccc1. The van der Waals surface area contributed by atoms with Gasteiger partial charge in [-0.1, -0.05) is 37.3 Å². The van der Waals surface area contributed by atoms with Gasteiger partial charge in [0, 0.05) is 6.42 Å². The fourth-order valence-electron chi connectivity index (χ4n) is 2.25. The van der Waals surface area contributed by atoms with Gasteiger partial charge in [-0.2, -0.15) is 13.2 Å². The van der Waals surface area contributed by atoms with Crippen molar-refractivity contribution in [3.8, 4) is 0 Å². The molecular weight excluding hydrogens is 355 g/mol. The van der Waals surface area contributed by atoms with Crippen molar-refractivity contribution < 1.29 is 26.4 Å². The summed E-state index contributed by atoms with van der Waals surface area (Å²) in [4.78, 5) is 11.6. The van der Waals surface area contributed by atoms with Gasteiger partial charge >= 0.3 is 6.18 Å². The lowest BCUT2D eigenvalue weighted by Crippen LogP contribution is -2.31. The first-order valence-electron chi connectivity index (χ1n) is 7.37. The number of sulfonamides is 1. The number of carbonyl (C=O) groups is 1. The molecule has 0 spiro atoms. The zero-order valence-electron chi connectivity index (χ0n) is 13.2. The highest BCUT2D eigenvalue weighted by molar-refractivity contribution is 7.90. The fraction of sp³-hybridized carbons (Fsp3) is 0.235. The number of nitrogens with one attached hydrogen (secondary N) is 1. The standard InChI is InChI=1S/C17H16F3NO3S/c1-12(13-5-3-2-4-6-13)11-16(22)21-25(23,24)15-9-7-14(8-10-15)17(18,19)20/h2-10,12H,11H2,1H3,(H,21,22). The van der Waals surface area contributed by atoms with Crippen molar-refractivity contribution in [2.75, 3.05) is 0 Å². The zero-order chi connectivity index (χ0) is 18.7. The van der Waals surface area contributed by atoms with Crippen LogP contribution in [0.25, 0.3) is 0 Å². The van der Waals surface area contributed by atoms with Crippen LogP contribution in [-0.4, -0.2) is 14.3 Å². The lowest BCUT2D eigenvalue weighted by Gasteiger charge is -2.13. The zero-order valence-corrected chi connectivity index (χ0v) is 14.1. The molecule has 0 heterocycles. The Kier molecular flexibility index (Phi) is 5.52. The van der Waals surface area contributed by atoms with Crippen LogP contribution in [0.3, 0.4) is 0 Å². The third kappa shape index (κ3) is 5.06. The summed E-state index contributed by atoms with van der Waals surface area (Å²) in [7, 11) is -4.22. The van der Waals surface area contributed by atoms with Crippen LogP contribution in [0.1, 0.15) is 30.4 Å². The van der Waals surface area contributed by atoms with Crippen LogP contribution in [0.4, 0.5) is 13.2 Å². The number of alkyl halides is 3. The first-order chi connectivity index (χ1) is 11.6. The highest BCUT2D eigenvalue weighted by Gasteiger charge is 2.30. The van der Waals surface area contributed by atoms with E-state index in [0.717, 1.165) is 17.7 Å². The molecule has 2 rings (SSSR count). The summed E-state index contributed by atoms with van der Waals surface area (Å²) >= 11 is 0. The first kappa shape index (κ1) is 19.0. The van der Waals surface area contributed by atoms with Gasteiger partial charge in [0.05, 0.1) is 10.5 Å². The van der Waals surface area contributed by atoms with Crippen molar-refractivity contribution in [2.45, 2.75) is 30.3 Å². The van der Waals surface area contributed by atoms with E-state index in [1.165, 1.54) is 0 Å². The molecule has 0 fully saturated rings. The van der Waals surface area contributed by atoms with Crippen molar-refractivity contribution in [1.82, 2.24) is 4.72 Å². The van der Waals surface area contributed by atoms with E-state index >= 15 is 0 Å². The second kappa shape index (κ2) is 7.26. The van der Waals surface area contributed by atoms with E-state index in [-0.39, 0.29) is 12.3 Å². The van der Waals surface area contributed by atoms with Gasteiger partial charge in [0.15, 0.2) is 0 Å². The maximum Gasteiger partial charge on any atom is 0.416 e. The summed E-state index contributed by atoms with van der Waals surface area (Å²) in [6, 6.07) is 12.0. The smallest absolute Gasteiger partial charge is 0.274 e. The molecule has 0 saturated carbocycles. The Labute approximate surface area is 143 Å². The molecule has 2 aromatic carbocycles. The predicted octanol–water partition coefficient (Wildman–Crippen LogP) is 3.70. The molecule has 2 aromatic rings. The fourth-order valence-corrected chi connectivity index (χ4v) is 3.25. The molecule has 0 aromatic heterocycles. The minimum atomic E-state index is -4.56. The Balaban J connectivity index is 2.06. The molecule has 134 valence electrons. The van der Waals surface area contributed by atoms with Gasteiger partial charge in [-0.05, 0) is 35.7 Å². The summed E-state index contributed by atoms with van der Waals surface area (Å²) in [6.07, 6.45) is -4.62. The maximum absolute atomic E-state index is 12.5. The largest absolute Gasteiger partial charge is 0.416 e. The summed E-state index contributed by atoms with van der Waals surface area (Å²) in [5.74, 6) is -0.930. The van der Waals surface area contributed by atoms with E-state index in [1.807, 2.05) is 35.1 Å². The van der Waals surface area contributed by atoms with Crippen molar-refractivity contribution in [3.63, 3.8) is 0 Å². The minimum absolute atomic E-state index is 0.0656. The van der Waals surface area contributed by atoms with Crippen LogP contribution in [0.5, 0.6) is 0 Å². The van der Waals surface area contributed by atoms with Crippen LogP contribution in [0, 0.1) is 0 Å². The Morgan fingerprint density at radius 2 is 1.60 bits per heavy atom. The summed E-state index contributed by atoms with van der Waals surface area (Å²) < 4.78 is 63.6. The molecule has 4 nitrogen and oxygen atoms in total. The van der Waals surface area contributed by atoms with Gasteiger partial charge in [0.25, 0.3) is 10.0 Å². The van der Waals surface area contributed by atoms with Crippen molar-refractivity contribution in [2.24, 2.45) is 0 Å². The molecule has 25 heavy (non-hydrogen) atoms. The van der Waals surface area contributed by atoms with Crippen molar-refractivity contribution in [1.29, 1.82) is 0 Å². The molecule has 0 aliphatic heterocycles. The van der Waals surface area contributed by atoms with Gasteiger partial charge in [-0.3, -0.25) is 4.79 Å². The highest BCUT2D eigenvalue weighted by atomic mass is 32.2. The van der Waals surface area contributed by atoms with Gasteiger partial charge < -0.3 is 0 Å². The summed E-state index contributed by atoms with van der Waals surface area (Å²) in [5.41, 5.74) is -0.0833. The average Bonchev–Trinajstić information content (AvgIpc) is 2.54. The third-order valence-corrected chi connectivity index (χ3v) is 4.99. The molecule has 0 aliphatic carbocycles. The van der Waals surface area contributed by atoms with Crippen LogP contribution < -0.4 is 4.72 Å². The van der Waals surface area contributed by atoms with Crippen molar-refractivity contribution >= 4 is 15.9 Å². The van der Waals surface area contributed by atoms with Crippen LogP contribution in [0.2, 0.25) is 0 Å². The molecule has 1 N–H and O–H groups in total. The van der Waals surface area contributed by atoms with Crippen LogP contribution in [-0.2, 0) is 21.0 Å². The van der Waals surface area contributed by atoms with Gasteiger partial charge in [0.2, 0.25) is 5.91 Å². The average molecular weight is 371 g/mol. The number of hydrogen-bond donors (Lipinski definition) is 1. The van der Waals surface area contributed by atoms with Gasteiger partial charge in [-0.25, -0.2) is 13.1 Å². The third-order valence-electron chi connectivity index (χ3n) is 3.60. The maximum atomic E-state index is 12.5. The van der Waals surface area contributed by atoms with Crippen LogP contribution >= 0.6 is 0 Å². The van der Waals surface area contributed by atoms with Gasteiger partial charge in [-0.15, -0.1) is 0 Å². The predicted molar refractivity (Wildman–Crippen MR) is 86.2 cm³/mol. The molecule has 1 atom stereocenters. The van der Waals surface area contributed by atoms with Crippen LogP contribution in [0.15, 0.2) is 59.5 Å². The molecule has 0 aliphatic rings. The topological polar surface area (TPSA) is 63.2 Å². The number of rotatable bonds is 5. The molecule has 0 radical (unpaired) electrons. The van der Waals surface area contributed by atoms with E-state index in [9.17, 15) is 26.4 Å². The molecule has 1 unspecified atom stereocenters. The number of carbonyl (C=O) groups excluding carboxylic acids is 1. The number of benzene rings is 2. The van der Waals surface area contributed by atoms with E-state index in [2.05, 4.69) is 0 Å². The normalized spacial score (nSPS) is 13.3. The Hall–Kier alpha value is -2.35. The van der Waals surface area contributed by atoms with Gasteiger partial charge in [0.1, 0.15) is 0 Å². The molecular formula is C17H16F3NO3S. The van der Waals surface area contributed by atoms with E-state index < -0.39 is 32.6 Å². The monoisotopic (exact) mass is 371 g/mol. The Bertz CT molecular complexity index is 832. The second-order valence-corrected chi connectivity index (χ2v) is 7.25. The second-order valence-electron chi connectivity index (χ2n) is 5.57. The lowest BCUT2D eigenvalue weighted by molar-refractivity contribution is -0.137. The Morgan fingerprint density at radius 1 is 1.04 bits per heavy atom. The number of halogens is 3. The molecule has 8 heteroatoms. The Morgan fingerprint density at radius 3 is 2.12 bits per heavy atom. The highest BCUT2D eigenvalue weighted by Crippen LogP contribution is 2.29. The van der Waals surface area contributed by atoms with E-state index in [4.69, 9.17) is 0 Å². The molecule has 0 bridgehead atoms. The molecule has 0 saturated heterocycles. The quantitative estimate of drug-likeness (QED) is 0.872. The summed E-state index contributed by atoms with van der Waals surface area (Å²) in [5, 5.41) is 0. The first-order valence-corrected chi connectivity index (χ1v) is 8.86. The summed E-state index contributed by atoms with van der Waals surface area (Å²) in [6.45, 7) is 1.78. The number of hydrogen-bond acceptors (Lipinski definition) is 3. The van der Waals surface area contributed by atoms with E-state index in [1.54, 1.807) is 6.92 Å².